The summed E-state index contributed by atoms with van der Waals surface area (Å²) in [7, 11) is 3.33. The summed E-state index contributed by atoms with van der Waals surface area (Å²) >= 11 is 0. The van der Waals surface area contributed by atoms with Crippen LogP contribution in [0.5, 0.6) is 0 Å². The van der Waals surface area contributed by atoms with Crippen LogP contribution in [0, 0.1) is 0 Å². The third kappa shape index (κ3) is 14.6. The van der Waals surface area contributed by atoms with Gasteiger partial charge in [0.15, 0.2) is 11.6 Å². The fourth-order valence-corrected chi connectivity index (χ4v) is 3.12. The van der Waals surface area contributed by atoms with Gasteiger partial charge >= 0.3 is 0 Å². The normalized spacial score (nSPS) is 12.9. The van der Waals surface area contributed by atoms with Gasteiger partial charge in [-0.1, -0.05) is 0 Å². The monoisotopic (exact) mass is 540 g/mol. The molecule has 0 unspecified atom stereocenters. The molecule has 1 aromatic rings. The molecule has 0 saturated heterocycles. The van der Waals surface area contributed by atoms with E-state index in [4.69, 9.17) is 18.9 Å². The van der Waals surface area contributed by atoms with Crippen LogP contribution < -0.4 is 10.6 Å². The van der Waals surface area contributed by atoms with Gasteiger partial charge in [0.1, 0.15) is 0 Å². The van der Waals surface area contributed by atoms with Crippen molar-refractivity contribution >= 4 is 11.8 Å². The van der Waals surface area contributed by atoms with Crippen LogP contribution in [0.4, 0.5) is 0 Å². The molecule has 1 aromatic heterocycles. The molecule has 38 heavy (non-hydrogen) atoms. The number of hydrogen-bond acceptors (Lipinski definition) is 10. The summed E-state index contributed by atoms with van der Waals surface area (Å²) in [6, 6.07) is 0. The van der Waals surface area contributed by atoms with Crippen molar-refractivity contribution in [3.63, 3.8) is 0 Å². The Morgan fingerprint density at radius 1 is 0.605 bits per heavy atom. The van der Waals surface area contributed by atoms with Crippen LogP contribution in [0.3, 0.4) is 0 Å². The third-order valence-corrected chi connectivity index (χ3v) is 6.12. The molecule has 0 aliphatic rings. The van der Waals surface area contributed by atoms with E-state index < -0.39 is 11.2 Å². The van der Waals surface area contributed by atoms with Crippen LogP contribution in [0.15, 0.2) is 0 Å². The highest BCUT2D eigenvalue weighted by atomic mass is 16.5. The molecule has 12 nitrogen and oxygen atoms in total. The minimum atomic E-state index is -0.632. The average Bonchev–Trinajstić information content (AvgIpc) is 2.81. The van der Waals surface area contributed by atoms with E-state index in [-0.39, 0.29) is 60.6 Å². The lowest BCUT2D eigenvalue weighted by Gasteiger charge is -2.28. The zero-order valence-corrected chi connectivity index (χ0v) is 24.9. The molecule has 0 saturated carbocycles. The highest BCUT2D eigenvalue weighted by molar-refractivity contribution is 5.77. The topological polar surface area (TPSA) is 147 Å². The van der Waals surface area contributed by atoms with Gasteiger partial charge in [-0.05, 0) is 68.2 Å². The molecule has 0 bridgehead atoms. The van der Waals surface area contributed by atoms with Crippen molar-refractivity contribution in [2.75, 3.05) is 27.4 Å². The maximum absolute atomic E-state index is 12.4. The summed E-state index contributed by atoms with van der Waals surface area (Å²) in [6.45, 7) is 16.5. The van der Waals surface area contributed by atoms with Crippen LogP contribution in [-0.4, -0.2) is 82.0 Å². The van der Waals surface area contributed by atoms with E-state index in [1.54, 1.807) is 14.2 Å². The molecule has 0 aliphatic carbocycles. The smallest absolute Gasteiger partial charge is 0.223 e. The Morgan fingerprint density at radius 3 is 1.21 bits per heavy atom. The second-order valence-electron chi connectivity index (χ2n) is 11.8. The van der Waals surface area contributed by atoms with Crippen LogP contribution in [-0.2, 0) is 41.6 Å². The maximum Gasteiger partial charge on any atom is 0.223 e. The first-order valence-electron chi connectivity index (χ1n) is 12.9. The van der Waals surface area contributed by atoms with Gasteiger partial charge < -0.3 is 29.6 Å². The Balaban J connectivity index is 2.39. The van der Waals surface area contributed by atoms with E-state index in [1.807, 2.05) is 55.4 Å². The van der Waals surface area contributed by atoms with E-state index in [2.05, 4.69) is 31.0 Å². The van der Waals surface area contributed by atoms with Crippen molar-refractivity contribution in [1.82, 2.24) is 31.0 Å². The molecule has 0 radical (unpaired) electrons. The summed E-state index contributed by atoms with van der Waals surface area (Å²) in [5.41, 5.74) is -1.82. The Hall–Kier alpha value is -2.28. The van der Waals surface area contributed by atoms with Gasteiger partial charge in [0.05, 0.1) is 61.5 Å². The molecule has 1 rings (SSSR count). The molecule has 12 heteroatoms. The molecule has 2 N–H and O–H groups in total. The SMILES string of the molecule is COC(C)(C)CCOC(C)(C)CC(=O)NCc1nnc(CNC(=O)CC(C)(C)OCCC(C)(C)OC)nn1. The lowest BCUT2D eigenvalue weighted by molar-refractivity contribution is -0.129. The minimum absolute atomic E-state index is 0.0870. The number of amides is 2. The number of carbonyl (C=O) groups excluding carboxylic acids is 2. The summed E-state index contributed by atoms with van der Waals surface area (Å²) in [4.78, 5) is 24.7. The van der Waals surface area contributed by atoms with Crippen molar-refractivity contribution in [2.45, 2.75) is 117 Å². The van der Waals surface area contributed by atoms with Crippen molar-refractivity contribution in [1.29, 1.82) is 0 Å². The molecule has 0 aromatic carbocycles. The standard InChI is InChI=1S/C26H48N6O6/c1-23(2,35-9)11-13-37-25(5,6)15-21(33)27-17-19-29-31-20(32-30-19)18-28-22(34)16-26(7,8)38-14-12-24(3,4)36-10/h11-18H2,1-10H3,(H,27,33)(H,28,34). The number of rotatable bonds is 18. The second-order valence-corrected chi connectivity index (χ2v) is 11.8. The van der Waals surface area contributed by atoms with Crippen molar-refractivity contribution < 1.29 is 28.5 Å². The average molecular weight is 541 g/mol. The van der Waals surface area contributed by atoms with Crippen LogP contribution in [0.25, 0.3) is 0 Å². The number of nitrogens with one attached hydrogen (secondary N) is 2. The highest BCUT2D eigenvalue weighted by Gasteiger charge is 2.26. The minimum Gasteiger partial charge on any atom is -0.379 e. The number of methoxy groups -OCH3 is 2. The van der Waals surface area contributed by atoms with Crippen LogP contribution >= 0.6 is 0 Å². The second kappa shape index (κ2) is 14.8. The van der Waals surface area contributed by atoms with Crippen LogP contribution in [0.1, 0.15) is 92.7 Å². The van der Waals surface area contributed by atoms with Gasteiger partial charge in [-0.15, -0.1) is 20.4 Å². The van der Waals surface area contributed by atoms with Crippen molar-refractivity contribution in [2.24, 2.45) is 0 Å². The quantitative estimate of drug-likeness (QED) is 0.285. The van der Waals surface area contributed by atoms with Gasteiger partial charge in [-0.25, -0.2) is 0 Å². The Labute approximate surface area is 227 Å². The molecule has 0 aliphatic heterocycles. The molecular weight excluding hydrogens is 492 g/mol. The first-order chi connectivity index (χ1) is 17.5. The molecule has 2 amide bonds. The predicted octanol–water partition coefficient (Wildman–Crippen LogP) is 2.50. The number of carbonyl (C=O) groups is 2. The lowest BCUT2D eigenvalue weighted by Crippen LogP contribution is -2.36. The Morgan fingerprint density at radius 2 is 0.921 bits per heavy atom. The van der Waals surface area contributed by atoms with Gasteiger partial charge in [-0.3, -0.25) is 9.59 Å². The summed E-state index contributed by atoms with van der Waals surface area (Å²) in [5.74, 6) is 0.137. The highest BCUT2D eigenvalue weighted by Crippen LogP contribution is 2.20. The van der Waals surface area contributed by atoms with E-state index in [0.717, 1.165) is 0 Å². The summed E-state index contributed by atoms with van der Waals surface area (Å²) in [6.07, 6.45) is 1.78. The third-order valence-electron chi connectivity index (χ3n) is 6.12. The van der Waals surface area contributed by atoms with E-state index >= 15 is 0 Å². The molecule has 0 atom stereocenters. The van der Waals surface area contributed by atoms with Gasteiger partial charge in [0, 0.05) is 14.2 Å². The van der Waals surface area contributed by atoms with E-state index in [9.17, 15) is 9.59 Å². The number of nitrogens with zero attached hydrogens (tertiary/aromatic N) is 4. The van der Waals surface area contributed by atoms with Gasteiger partial charge in [0.2, 0.25) is 11.8 Å². The molecule has 0 fully saturated rings. The first-order valence-corrected chi connectivity index (χ1v) is 12.9. The van der Waals surface area contributed by atoms with Gasteiger partial charge in [-0.2, -0.15) is 0 Å². The van der Waals surface area contributed by atoms with Crippen LogP contribution in [0.2, 0.25) is 0 Å². The molecular formula is C26H48N6O6. The first kappa shape index (κ1) is 33.7. The number of hydrogen-bond donors (Lipinski definition) is 2. The fourth-order valence-electron chi connectivity index (χ4n) is 3.12. The Bertz CT molecular complexity index is 802. The predicted molar refractivity (Wildman–Crippen MR) is 142 cm³/mol. The van der Waals surface area contributed by atoms with E-state index in [1.165, 1.54) is 0 Å². The van der Waals surface area contributed by atoms with Gasteiger partial charge in [0.25, 0.3) is 0 Å². The summed E-state index contributed by atoms with van der Waals surface area (Å²) in [5, 5.41) is 21.5. The summed E-state index contributed by atoms with van der Waals surface area (Å²) < 4.78 is 22.5. The largest absolute Gasteiger partial charge is 0.379 e. The molecule has 0 spiro atoms. The Kier molecular flexibility index (Phi) is 13.1. The fraction of sp³-hybridized carbons (Fsp3) is 0.846. The number of aromatic nitrogens is 4. The maximum atomic E-state index is 12.4. The zero-order valence-electron chi connectivity index (χ0n) is 24.9. The lowest BCUT2D eigenvalue weighted by atomic mass is 10.0. The number of ether oxygens (including phenoxy) is 4. The zero-order chi connectivity index (χ0) is 29.0. The molecule has 218 valence electrons. The molecule has 1 heterocycles. The van der Waals surface area contributed by atoms with Crippen molar-refractivity contribution in [3.05, 3.63) is 11.6 Å². The van der Waals surface area contributed by atoms with Crippen molar-refractivity contribution in [3.8, 4) is 0 Å². The van der Waals surface area contributed by atoms with E-state index in [0.29, 0.717) is 26.1 Å².